The van der Waals surface area contributed by atoms with Crippen molar-refractivity contribution in [1.82, 2.24) is 4.31 Å². The summed E-state index contributed by atoms with van der Waals surface area (Å²) in [5.41, 5.74) is 2.30. The highest BCUT2D eigenvalue weighted by Gasteiger charge is 2.31. The summed E-state index contributed by atoms with van der Waals surface area (Å²) in [6, 6.07) is 12.4. The lowest BCUT2D eigenvalue weighted by Gasteiger charge is -2.35. The zero-order chi connectivity index (χ0) is 22.6. The van der Waals surface area contributed by atoms with E-state index in [4.69, 9.17) is 0 Å². The van der Waals surface area contributed by atoms with Gasteiger partial charge in [0, 0.05) is 37.6 Å². The van der Waals surface area contributed by atoms with Gasteiger partial charge in [0.15, 0.2) is 0 Å². The van der Waals surface area contributed by atoms with E-state index in [1.54, 1.807) is 0 Å². The Bertz CT molecular complexity index is 1020. The van der Waals surface area contributed by atoms with E-state index >= 15 is 0 Å². The largest absolute Gasteiger partial charge is 0.573 e. The SMILES string of the molecule is Cc1cccc(N2CCN(S(=O)(=O)CC(=O)Nc3ccc(OC(F)(F)F)cc3)CC2)c1. The van der Waals surface area contributed by atoms with Gasteiger partial charge < -0.3 is 15.0 Å². The average molecular weight is 457 g/mol. The Kier molecular flexibility index (Phi) is 6.75. The number of hydrogen-bond acceptors (Lipinski definition) is 5. The van der Waals surface area contributed by atoms with Crippen molar-refractivity contribution in [1.29, 1.82) is 0 Å². The van der Waals surface area contributed by atoms with Crippen LogP contribution < -0.4 is 15.0 Å². The van der Waals surface area contributed by atoms with Crippen LogP contribution in [0.4, 0.5) is 24.5 Å². The quantitative estimate of drug-likeness (QED) is 0.722. The number of nitrogens with zero attached hydrogens (tertiary/aromatic N) is 2. The molecule has 7 nitrogen and oxygen atoms in total. The third kappa shape index (κ3) is 6.59. The lowest BCUT2D eigenvalue weighted by molar-refractivity contribution is -0.274. The highest BCUT2D eigenvalue weighted by molar-refractivity contribution is 7.89. The van der Waals surface area contributed by atoms with Gasteiger partial charge in [-0.1, -0.05) is 12.1 Å². The molecule has 3 rings (SSSR count). The monoisotopic (exact) mass is 457 g/mol. The fraction of sp³-hybridized carbons (Fsp3) is 0.350. The number of alkyl halides is 3. The van der Waals surface area contributed by atoms with E-state index < -0.39 is 33.8 Å². The number of aryl methyl sites for hydroxylation is 1. The minimum atomic E-state index is -4.82. The van der Waals surface area contributed by atoms with Crippen LogP contribution >= 0.6 is 0 Å². The predicted molar refractivity (Wildman–Crippen MR) is 111 cm³/mol. The van der Waals surface area contributed by atoms with Gasteiger partial charge >= 0.3 is 6.36 Å². The van der Waals surface area contributed by atoms with Crippen molar-refractivity contribution in [3.05, 3.63) is 54.1 Å². The summed E-state index contributed by atoms with van der Waals surface area (Å²) in [6.07, 6.45) is -4.82. The van der Waals surface area contributed by atoms with Crippen LogP contribution in [-0.4, -0.2) is 56.9 Å². The van der Waals surface area contributed by atoms with Gasteiger partial charge in [-0.05, 0) is 48.9 Å². The highest BCUT2D eigenvalue weighted by atomic mass is 32.2. The number of carbonyl (C=O) groups excluding carboxylic acids is 1. The molecule has 0 radical (unpaired) electrons. The summed E-state index contributed by atoms with van der Waals surface area (Å²) in [7, 11) is -3.83. The Labute approximate surface area is 178 Å². The number of hydrogen-bond donors (Lipinski definition) is 1. The van der Waals surface area contributed by atoms with Gasteiger partial charge in [0.25, 0.3) is 0 Å². The van der Waals surface area contributed by atoms with Crippen molar-refractivity contribution >= 4 is 27.3 Å². The number of rotatable bonds is 6. The minimum absolute atomic E-state index is 0.166. The summed E-state index contributed by atoms with van der Waals surface area (Å²) >= 11 is 0. The second kappa shape index (κ2) is 9.15. The first-order valence-electron chi connectivity index (χ1n) is 9.47. The number of ether oxygens (including phenoxy) is 1. The van der Waals surface area contributed by atoms with Crippen molar-refractivity contribution in [2.75, 3.05) is 42.1 Å². The molecule has 0 atom stereocenters. The first-order valence-corrected chi connectivity index (χ1v) is 11.1. The number of amides is 1. The van der Waals surface area contributed by atoms with Gasteiger partial charge in [-0.15, -0.1) is 13.2 Å². The van der Waals surface area contributed by atoms with Crippen molar-refractivity contribution in [2.24, 2.45) is 0 Å². The van der Waals surface area contributed by atoms with Gasteiger partial charge in [0.05, 0.1) is 0 Å². The smallest absolute Gasteiger partial charge is 0.406 e. The van der Waals surface area contributed by atoms with Gasteiger partial charge in [0.2, 0.25) is 15.9 Å². The van der Waals surface area contributed by atoms with E-state index in [9.17, 15) is 26.4 Å². The van der Waals surface area contributed by atoms with Crippen LogP contribution in [0.5, 0.6) is 5.75 Å². The van der Waals surface area contributed by atoms with E-state index in [1.807, 2.05) is 31.2 Å². The molecular weight excluding hydrogens is 435 g/mol. The van der Waals surface area contributed by atoms with Crippen LogP contribution in [0.15, 0.2) is 48.5 Å². The lowest BCUT2D eigenvalue weighted by atomic mass is 10.2. The van der Waals surface area contributed by atoms with Gasteiger partial charge in [-0.2, -0.15) is 4.31 Å². The number of halogens is 3. The first kappa shape index (κ1) is 22.9. The maximum atomic E-state index is 12.6. The molecule has 0 spiro atoms. The molecule has 0 unspecified atom stereocenters. The molecule has 0 bridgehead atoms. The van der Waals surface area contributed by atoms with E-state index in [1.165, 1.54) is 16.4 Å². The van der Waals surface area contributed by atoms with Gasteiger partial charge in [-0.25, -0.2) is 8.42 Å². The number of anilines is 2. The molecule has 1 aliphatic rings. The molecule has 0 saturated carbocycles. The van der Waals surface area contributed by atoms with Gasteiger partial charge in [-0.3, -0.25) is 4.79 Å². The second-order valence-electron chi connectivity index (χ2n) is 7.10. The summed E-state index contributed by atoms with van der Waals surface area (Å²) < 4.78 is 66.8. The Morgan fingerprint density at radius 1 is 1.06 bits per heavy atom. The Morgan fingerprint density at radius 2 is 1.71 bits per heavy atom. The Hall–Kier alpha value is -2.79. The molecule has 31 heavy (non-hydrogen) atoms. The lowest BCUT2D eigenvalue weighted by Crippen LogP contribution is -2.50. The third-order valence-electron chi connectivity index (χ3n) is 4.68. The molecule has 2 aromatic rings. The summed E-state index contributed by atoms with van der Waals surface area (Å²) in [5, 5.41) is 2.38. The molecule has 1 fully saturated rings. The van der Waals surface area contributed by atoms with Crippen LogP contribution in [0, 0.1) is 6.92 Å². The molecule has 168 valence electrons. The van der Waals surface area contributed by atoms with Crippen molar-refractivity contribution in [3.63, 3.8) is 0 Å². The van der Waals surface area contributed by atoms with Crippen molar-refractivity contribution in [3.8, 4) is 5.75 Å². The first-order chi connectivity index (χ1) is 14.5. The molecule has 1 amide bonds. The Morgan fingerprint density at radius 3 is 2.29 bits per heavy atom. The molecule has 1 aliphatic heterocycles. The number of sulfonamides is 1. The van der Waals surface area contributed by atoms with E-state index in [0.29, 0.717) is 13.1 Å². The third-order valence-corrected chi connectivity index (χ3v) is 6.46. The summed E-state index contributed by atoms with van der Waals surface area (Å²) in [6.45, 7) is 3.51. The van der Waals surface area contributed by atoms with Crippen LogP contribution in [0.1, 0.15) is 5.56 Å². The normalized spacial score (nSPS) is 15.5. The molecule has 1 heterocycles. The standard InChI is InChI=1S/C20H22F3N3O4S/c1-15-3-2-4-17(13-15)25-9-11-26(12-10-25)31(28,29)14-19(27)24-16-5-7-18(8-6-16)30-20(21,22)23/h2-8,13H,9-12,14H2,1H3,(H,24,27). The molecule has 1 N–H and O–H groups in total. The molecule has 11 heteroatoms. The number of nitrogens with one attached hydrogen (secondary N) is 1. The fourth-order valence-electron chi connectivity index (χ4n) is 3.24. The molecule has 0 aromatic heterocycles. The Balaban J connectivity index is 1.53. The zero-order valence-corrected chi connectivity index (χ0v) is 17.5. The minimum Gasteiger partial charge on any atom is -0.406 e. The summed E-state index contributed by atoms with van der Waals surface area (Å²) in [5.74, 6) is -1.96. The molecule has 1 saturated heterocycles. The zero-order valence-electron chi connectivity index (χ0n) is 16.7. The molecule has 0 aliphatic carbocycles. The maximum absolute atomic E-state index is 12.6. The average Bonchev–Trinajstić information content (AvgIpc) is 2.68. The molecule has 2 aromatic carbocycles. The molecular formula is C20H22F3N3O4S. The van der Waals surface area contributed by atoms with Crippen LogP contribution in [0.25, 0.3) is 0 Å². The van der Waals surface area contributed by atoms with E-state index in [2.05, 4.69) is 15.0 Å². The maximum Gasteiger partial charge on any atom is 0.573 e. The van der Waals surface area contributed by atoms with E-state index in [-0.39, 0.29) is 18.8 Å². The fourth-order valence-corrected chi connectivity index (χ4v) is 4.55. The predicted octanol–water partition coefficient (Wildman–Crippen LogP) is 2.98. The number of piperazine rings is 1. The number of benzene rings is 2. The van der Waals surface area contributed by atoms with E-state index in [0.717, 1.165) is 23.4 Å². The van der Waals surface area contributed by atoms with Gasteiger partial charge in [0.1, 0.15) is 11.5 Å². The van der Waals surface area contributed by atoms with Crippen molar-refractivity contribution < 1.29 is 31.1 Å². The van der Waals surface area contributed by atoms with Crippen LogP contribution in [0.2, 0.25) is 0 Å². The highest BCUT2D eigenvalue weighted by Crippen LogP contribution is 2.24. The van der Waals surface area contributed by atoms with Crippen LogP contribution in [0.3, 0.4) is 0 Å². The number of carbonyl (C=O) groups is 1. The summed E-state index contributed by atoms with van der Waals surface area (Å²) in [4.78, 5) is 14.3. The van der Waals surface area contributed by atoms with Crippen molar-refractivity contribution in [2.45, 2.75) is 13.3 Å². The topological polar surface area (TPSA) is 79.0 Å². The van der Waals surface area contributed by atoms with Crippen LogP contribution in [-0.2, 0) is 14.8 Å². The second-order valence-corrected chi connectivity index (χ2v) is 9.07.